The van der Waals surface area contributed by atoms with E-state index in [1.54, 1.807) is 7.11 Å². The van der Waals surface area contributed by atoms with Crippen LogP contribution in [0.15, 0.2) is 52.9 Å². The SMILES string of the molecule is COc1cccc(/C=C\c2nc3ccccc3o2)c1. The van der Waals surface area contributed by atoms with Crippen molar-refractivity contribution in [1.82, 2.24) is 4.98 Å². The first-order valence-corrected chi connectivity index (χ1v) is 6.03. The number of oxazole rings is 1. The predicted molar refractivity (Wildman–Crippen MR) is 75.9 cm³/mol. The highest BCUT2D eigenvalue weighted by Gasteiger charge is 2.01. The molecular formula is C16H13NO2. The molecule has 3 heteroatoms. The molecule has 0 N–H and O–H groups in total. The van der Waals surface area contributed by atoms with Crippen molar-refractivity contribution in [3.05, 3.63) is 60.0 Å². The summed E-state index contributed by atoms with van der Waals surface area (Å²) < 4.78 is 10.8. The molecule has 3 nitrogen and oxygen atoms in total. The molecule has 0 atom stereocenters. The Hall–Kier alpha value is -2.55. The van der Waals surface area contributed by atoms with Gasteiger partial charge in [0.1, 0.15) is 11.3 Å². The third kappa shape index (κ3) is 2.50. The van der Waals surface area contributed by atoms with Gasteiger partial charge in [0, 0.05) is 6.08 Å². The first-order valence-electron chi connectivity index (χ1n) is 6.03. The highest BCUT2D eigenvalue weighted by molar-refractivity contribution is 5.76. The average molecular weight is 251 g/mol. The van der Waals surface area contributed by atoms with E-state index in [0.29, 0.717) is 5.89 Å². The highest BCUT2D eigenvalue weighted by atomic mass is 16.5. The quantitative estimate of drug-likeness (QED) is 0.705. The van der Waals surface area contributed by atoms with Gasteiger partial charge in [-0.25, -0.2) is 4.98 Å². The minimum Gasteiger partial charge on any atom is -0.497 e. The first-order chi connectivity index (χ1) is 9.35. The van der Waals surface area contributed by atoms with Crippen LogP contribution in [0.25, 0.3) is 23.3 Å². The van der Waals surface area contributed by atoms with Crippen LogP contribution in [-0.2, 0) is 0 Å². The smallest absolute Gasteiger partial charge is 0.220 e. The number of fused-ring (bicyclic) bond motifs is 1. The summed E-state index contributed by atoms with van der Waals surface area (Å²) in [5.74, 6) is 1.43. The van der Waals surface area contributed by atoms with Crippen LogP contribution in [0.4, 0.5) is 0 Å². The lowest BCUT2D eigenvalue weighted by Gasteiger charge is -1.99. The minimum atomic E-state index is 0.601. The van der Waals surface area contributed by atoms with Crippen molar-refractivity contribution in [2.45, 2.75) is 0 Å². The van der Waals surface area contributed by atoms with Gasteiger partial charge in [0.25, 0.3) is 0 Å². The van der Waals surface area contributed by atoms with Crippen molar-refractivity contribution in [3.8, 4) is 5.75 Å². The zero-order valence-electron chi connectivity index (χ0n) is 10.5. The molecule has 3 rings (SSSR count). The van der Waals surface area contributed by atoms with Crippen LogP contribution in [0.2, 0.25) is 0 Å². The van der Waals surface area contributed by atoms with Gasteiger partial charge in [-0.3, -0.25) is 0 Å². The maximum atomic E-state index is 5.62. The van der Waals surface area contributed by atoms with E-state index in [2.05, 4.69) is 4.98 Å². The molecule has 0 saturated carbocycles. The standard InChI is InChI=1S/C16H13NO2/c1-18-13-6-4-5-12(11-13)9-10-16-17-14-7-2-3-8-15(14)19-16/h2-11H,1H3/b10-9-. The van der Waals surface area contributed by atoms with Crippen LogP contribution in [0.5, 0.6) is 5.75 Å². The lowest BCUT2D eigenvalue weighted by Crippen LogP contribution is -1.82. The average Bonchev–Trinajstić information content (AvgIpc) is 2.88. The Morgan fingerprint density at radius 2 is 1.95 bits per heavy atom. The van der Waals surface area contributed by atoms with E-state index in [9.17, 15) is 0 Å². The summed E-state index contributed by atoms with van der Waals surface area (Å²) in [6, 6.07) is 15.5. The summed E-state index contributed by atoms with van der Waals surface area (Å²) in [6.45, 7) is 0. The van der Waals surface area contributed by atoms with Crippen LogP contribution in [-0.4, -0.2) is 12.1 Å². The van der Waals surface area contributed by atoms with E-state index < -0.39 is 0 Å². The molecule has 0 unspecified atom stereocenters. The third-order valence-electron chi connectivity index (χ3n) is 2.82. The van der Waals surface area contributed by atoms with Gasteiger partial charge < -0.3 is 9.15 Å². The van der Waals surface area contributed by atoms with Gasteiger partial charge in [-0.05, 0) is 35.9 Å². The second-order valence-electron chi connectivity index (χ2n) is 4.13. The van der Waals surface area contributed by atoms with Crippen LogP contribution < -0.4 is 4.74 Å². The van der Waals surface area contributed by atoms with E-state index >= 15 is 0 Å². The molecule has 0 aliphatic rings. The zero-order chi connectivity index (χ0) is 13.1. The molecule has 0 spiro atoms. The molecule has 0 bridgehead atoms. The third-order valence-corrected chi connectivity index (χ3v) is 2.82. The molecule has 0 amide bonds. The minimum absolute atomic E-state index is 0.601. The van der Waals surface area contributed by atoms with E-state index in [4.69, 9.17) is 9.15 Å². The van der Waals surface area contributed by atoms with Crippen molar-refractivity contribution in [1.29, 1.82) is 0 Å². The van der Waals surface area contributed by atoms with Gasteiger partial charge in [0.15, 0.2) is 5.58 Å². The topological polar surface area (TPSA) is 35.3 Å². The lowest BCUT2D eigenvalue weighted by atomic mass is 10.2. The summed E-state index contributed by atoms with van der Waals surface area (Å²) in [7, 11) is 1.66. The molecule has 3 aromatic rings. The zero-order valence-corrected chi connectivity index (χ0v) is 10.5. The van der Waals surface area contributed by atoms with E-state index in [-0.39, 0.29) is 0 Å². The molecule has 94 valence electrons. The van der Waals surface area contributed by atoms with Crippen LogP contribution in [0.3, 0.4) is 0 Å². The van der Waals surface area contributed by atoms with Crippen molar-refractivity contribution >= 4 is 23.3 Å². The number of hydrogen-bond acceptors (Lipinski definition) is 3. The first kappa shape index (κ1) is 11.5. The van der Waals surface area contributed by atoms with Gasteiger partial charge in [0.05, 0.1) is 7.11 Å². The predicted octanol–water partition coefficient (Wildman–Crippen LogP) is 4.01. The Morgan fingerprint density at radius 3 is 2.79 bits per heavy atom. The molecule has 1 heterocycles. The van der Waals surface area contributed by atoms with E-state index in [1.807, 2.05) is 60.7 Å². The van der Waals surface area contributed by atoms with Gasteiger partial charge >= 0.3 is 0 Å². The molecule has 1 aromatic heterocycles. The number of hydrogen-bond donors (Lipinski definition) is 0. The normalized spacial score (nSPS) is 11.2. The Bertz CT molecular complexity index is 695. The fourth-order valence-electron chi connectivity index (χ4n) is 1.87. The Kier molecular flexibility index (Phi) is 3.02. The Morgan fingerprint density at radius 1 is 1.05 bits per heavy atom. The summed E-state index contributed by atoms with van der Waals surface area (Å²) in [5, 5.41) is 0. The monoisotopic (exact) mass is 251 g/mol. The summed E-state index contributed by atoms with van der Waals surface area (Å²) in [5.41, 5.74) is 2.71. The fraction of sp³-hybridized carbons (Fsp3) is 0.0625. The molecule has 0 radical (unpaired) electrons. The van der Waals surface area contributed by atoms with Gasteiger partial charge in [-0.1, -0.05) is 24.3 Å². The van der Waals surface area contributed by atoms with Crippen molar-refractivity contribution < 1.29 is 9.15 Å². The van der Waals surface area contributed by atoms with E-state index in [1.165, 1.54) is 0 Å². The highest BCUT2D eigenvalue weighted by Crippen LogP contribution is 2.18. The molecule has 0 saturated heterocycles. The van der Waals surface area contributed by atoms with Crippen LogP contribution in [0, 0.1) is 0 Å². The number of benzene rings is 2. The maximum absolute atomic E-state index is 5.62. The number of methoxy groups -OCH3 is 1. The largest absolute Gasteiger partial charge is 0.497 e. The molecule has 0 aliphatic carbocycles. The van der Waals surface area contributed by atoms with Crippen molar-refractivity contribution in [2.24, 2.45) is 0 Å². The van der Waals surface area contributed by atoms with Gasteiger partial charge in [-0.2, -0.15) is 0 Å². The lowest BCUT2D eigenvalue weighted by molar-refractivity contribution is 0.414. The maximum Gasteiger partial charge on any atom is 0.220 e. The van der Waals surface area contributed by atoms with Crippen LogP contribution in [0.1, 0.15) is 11.5 Å². The second kappa shape index (κ2) is 4.98. The Labute approximate surface area is 111 Å². The summed E-state index contributed by atoms with van der Waals surface area (Å²) in [6.07, 6.45) is 3.81. The second-order valence-corrected chi connectivity index (χ2v) is 4.13. The molecular weight excluding hydrogens is 238 g/mol. The summed E-state index contributed by atoms with van der Waals surface area (Å²) >= 11 is 0. The van der Waals surface area contributed by atoms with Gasteiger partial charge in [0.2, 0.25) is 5.89 Å². The van der Waals surface area contributed by atoms with Crippen LogP contribution >= 0.6 is 0 Å². The molecule has 2 aromatic carbocycles. The number of nitrogens with zero attached hydrogens (tertiary/aromatic N) is 1. The summed E-state index contributed by atoms with van der Waals surface area (Å²) in [4.78, 5) is 4.39. The van der Waals surface area contributed by atoms with Gasteiger partial charge in [-0.15, -0.1) is 0 Å². The molecule has 0 fully saturated rings. The number of rotatable bonds is 3. The molecule has 19 heavy (non-hydrogen) atoms. The van der Waals surface area contributed by atoms with Crippen molar-refractivity contribution in [3.63, 3.8) is 0 Å². The number of aromatic nitrogens is 1. The van der Waals surface area contributed by atoms with E-state index in [0.717, 1.165) is 22.4 Å². The fourth-order valence-corrected chi connectivity index (χ4v) is 1.87. The molecule has 0 aliphatic heterocycles. The number of ether oxygens (including phenoxy) is 1. The Balaban J connectivity index is 1.88. The number of para-hydroxylation sites is 2. The van der Waals surface area contributed by atoms with Crippen molar-refractivity contribution in [2.75, 3.05) is 7.11 Å².